The van der Waals surface area contributed by atoms with E-state index in [1.54, 1.807) is 0 Å². The van der Waals surface area contributed by atoms with E-state index in [9.17, 15) is 19.5 Å². The number of amides is 2. The van der Waals surface area contributed by atoms with Crippen molar-refractivity contribution in [1.82, 2.24) is 10.6 Å². The molecule has 2 aliphatic carbocycles. The first-order valence-corrected chi connectivity index (χ1v) is 12.2. The van der Waals surface area contributed by atoms with Crippen LogP contribution in [0.1, 0.15) is 69.9 Å². The van der Waals surface area contributed by atoms with Crippen molar-refractivity contribution in [3.63, 3.8) is 0 Å². The quantitative estimate of drug-likeness (QED) is 0.503. The molecule has 2 aliphatic rings. The summed E-state index contributed by atoms with van der Waals surface area (Å²) in [7, 11) is 0. The van der Waals surface area contributed by atoms with Crippen molar-refractivity contribution < 1.29 is 24.2 Å². The third-order valence-corrected chi connectivity index (χ3v) is 7.28. The molecule has 1 atom stereocenters. The number of hydrogen-bond acceptors (Lipinski definition) is 4. The molecule has 0 aromatic heterocycles. The zero-order valence-electron chi connectivity index (χ0n) is 20.6. The van der Waals surface area contributed by atoms with E-state index in [4.69, 9.17) is 4.74 Å². The number of ether oxygens (including phenoxy) is 1. The number of carbonyl (C=O) groups is 3. The second-order valence-corrected chi connectivity index (χ2v) is 10.8. The van der Waals surface area contributed by atoms with Gasteiger partial charge in [-0.05, 0) is 46.9 Å². The Morgan fingerprint density at radius 1 is 1.03 bits per heavy atom. The van der Waals surface area contributed by atoms with Gasteiger partial charge in [-0.2, -0.15) is 0 Å². The monoisotopic (exact) mass is 478 g/mol. The Morgan fingerprint density at radius 2 is 1.60 bits per heavy atom. The predicted octanol–water partition coefficient (Wildman–Crippen LogP) is 4.84. The second kappa shape index (κ2) is 9.72. The molecule has 0 radical (unpaired) electrons. The van der Waals surface area contributed by atoms with Crippen LogP contribution in [0.4, 0.5) is 4.79 Å². The summed E-state index contributed by atoms with van der Waals surface area (Å²) in [4.78, 5) is 36.9. The highest BCUT2D eigenvalue weighted by atomic mass is 16.5. The molecular formula is C28H34N2O5. The normalized spacial score (nSPS) is 16.9. The lowest BCUT2D eigenvalue weighted by molar-refractivity contribution is -0.138. The fraction of sp³-hybridized carbons (Fsp3) is 0.464. The van der Waals surface area contributed by atoms with Crippen LogP contribution in [0.15, 0.2) is 48.5 Å². The van der Waals surface area contributed by atoms with Crippen molar-refractivity contribution in [3.05, 3.63) is 59.7 Å². The van der Waals surface area contributed by atoms with Gasteiger partial charge in [0.2, 0.25) is 5.91 Å². The Labute approximate surface area is 206 Å². The minimum absolute atomic E-state index is 0.0302. The second-order valence-electron chi connectivity index (χ2n) is 10.8. The predicted molar refractivity (Wildman–Crippen MR) is 133 cm³/mol. The van der Waals surface area contributed by atoms with Crippen LogP contribution in [-0.4, -0.2) is 41.3 Å². The summed E-state index contributed by atoms with van der Waals surface area (Å²) in [6.07, 6.45) is 1.70. The lowest BCUT2D eigenvalue weighted by Crippen LogP contribution is -2.57. The first-order chi connectivity index (χ1) is 16.6. The SMILES string of the molecule is CC(C)(C)C(CC(=O)O)NC(=O)CC1(NC(=O)OCC2c3ccccc3-c3ccccc32)CCC1. The molecule has 0 spiro atoms. The maximum Gasteiger partial charge on any atom is 0.407 e. The fourth-order valence-electron chi connectivity index (χ4n) is 5.10. The van der Waals surface area contributed by atoms with Crippen LogP contribution in [0, 0.1) is 5.41 Å². The van der Waals surface area contributed by atoms with Gasteiger partial charge in [0.15, 0.2) is 0 Å². The molecule has 0 saturated heterocycles. The van der Waals surface area contributed by atoms with Gasteiger partial charge in [0, 0.05) is 18.4 Å². The number of rotatable bonds is 8. The standard InChI is InChI=1S/C28H34N2O5/c1-27(2,3)23(15-25(32)33)29-24(31)16-28(13-8-14-28)30-26(34)35-17-22-20-11-6-4-9-18(20)19-10-5-7-12-21(19)22/h4-7,9-12,22-23H,8,13-17H2,1-3H3,(H,29,31)(H,30,34)(H,32,33). The number of carboxylic acid groups (broad SMARTS) is 1. The molecule has 2 amide bonds. The first-order valence-electron chi connectivity index (χ1n) is 12.2. The maximum atomic E-state index is 12.8. The van der Waals surface area contributed by atoms with Crippen molar-refractivity contribution in [2.75, 3.05) is 6.61 Å². The van der Waals surface area contributed by atoms with E-state index in [0.29, 0.717) is 12.8 Å². The average Bonchev–Trinajstić information content (AvgIpc) is 3.08. The zero-order chi connectivity index (χ0) is 25.2. The van der Waals surface area contributed by atoms with Gasteiger partial charge in [-0.25, -0.2) is 4.79 Å². The largest absolute Gasteiger partial charge is 0.481 e. The zero-order valence-corrected chi connectivity index (χ0v) is 20.6. The third-order valence-electron chi connectivity index (χ3n) is 7.28. The molecule has 35 heavy (non-hydrogen) atoms. The highest BCUT2D eigenvalue weighted by Crippen LogP contribution is 2.44. The van der Waals surface area contributed by atoms with E-state index in [1.807, 2.05) is 45.0 Å². The molecule has 7 heteroatoms. The van der Waals surface area contributed by atoms with Crippen LogP contribution < -0.4 is 10.6 Å². The van der Waals surface area contributed by atoms with E-state index in [1.165, 1.54) is 11.1 Å². The van der Waals surface area contributed by atoms with E-state index in [0.717, 1.165) is 17.5 Å². The molecule has 1 fully saturated rings. The van der Waals surface area contributed by atoms with Crippen LogP contribution in [0.5, 0.6) is 0 Å². The Balaban J connectivity index is 1.37. The number of hydrogen-bond donors (Lipinski definition) is 3. The first kappa shape index (κ1) is 24.8. The molecular weight excluding hydrogens is 444 g/mol. The van der Waals surface area contributed by atoms with E-state index >= 15 is 0 Å². The highest BCUT2D eigenvalue weighted by molar-refractivity contribution is 5.81. The Hall–Kier alpha value is -3.35. The number of carboxylic acids is 1. The molecule has 0 bridgehead atoms. The Kier molecular flexibility index (Phi) is 6.88. The molecule has 1 saturated carbocycles. The lowest BCUT2D eigenvalue weighted by atomic mass is 9.74. The van der Waals surface area contributed by atoms with Gasteiger partial charge < -0.3 is 20.5 Å². The van der Waals surface area contributed by atoms with Gasteiger partial charge in [0.1, 0.15) is 6.61 Å². The summed E-state index contributed by atoms with van der Waals surface area (Å²) in [6.45, 7) is 5.91. The van der Waals surface area contributed by atoms with Crippen LogP contribution in [0.2, 0.25) is 0 Å². The summed E-state index contributed by atoms with van der Waals surface area (Å²) < 4.78 is 5.68. The topological polar surface area (TPSA) is 105 Å². The van der Waals surface area contributed by atoms with Crippen LogP contribution in [0.25, 0.3) is 11.1 Å². The van der Waals surface area contributed by atoms with Crippen molar-refractivity contribution in [1.29, 1.82) is 0 Å². The minimum Gasteiger partial charge on any atom is -0.481 e. The van der Waals surface area contributed by atoms with Crippen molar-refractivity contribution >= 4 is 18.0 Å². The summed E-state index contributed by atoms with van der Waals surface area (Å²) >= 11 is 0. The minimum atomic E-state index is -0.958. The summed E-state index contributed by atoms with van der Waals surface area (Å²) in [5.41, 5.74) is 3.56. The van der Waals surface area contributed by atoms with Gasteiger partial charge >= 0.3 is 12.1 Å². The molecule has 3 N–H and O–H groups in total. The van der Waals surface area contributed by atoms with Crippen molar-refractivity contribution in [2.24, 2.45) is 5.41 Å². The summed E-state index contributed by atoms with van der Waals surface area (Å²) in [6, 6.07) is 15.8. The Morgan fingerprint density at radius 3 is 2.09 bits per heavy atom. The fourth-order valence-corrected chi connectivity index (χ4v) is 5.10. The van der Waals surface area contributed by atoms with Gasteiger partial charge in [-0.15, -0.1) is 0 Å². The number of benzene rings is 2. The summed E-state index contributed by atoms with van der Waals surface area (Å²) in [5.74, 6) is -1.25. The molecule has 2 aromatic rings. The average molecular weight is 479 g/mol. The highest BCUT2D eigenvalue weighted by Gasteiger charge is 2.42. The van der Waals surface area contributed by atoms with Gasteiger partial charge in [-0.3, -0.25) is 9.59 Å². The van der Waals surface area contributed by atoms with E-state index < -0.39 is 29.1 Å². The Bertz CT molecular complexity index is 1070. The smallest absolute Gasteiger partial charge is 0.407 e. The number of aliphatic carboxylic acids is 1. The summed E-state index contributed by atoms with van der Waals surface area (Å²) in [5, 5.41) is 15.0. The molecule has 0 aliphatic heterocycles. The molecule has 4 rings (SSSR count). The van der Waals surface area contributed by atoms with Gasteiger partial charge in [0.25, 0.3) is 0 Å². The van der Waals surface area contributed by atoms with Gasteiger partial charge in [0.05, 0.1) is 12.0 Å². The van der Waals surface area contributed by atoms with Crippen LogP contribution in [-0.2, 0) is 14.3 Å². The molecule has 1 unspecified atom stereocenters. The van der Waals surface area contributed by atoms with E-state index in [-0.39, 0.29) is 31.3 Å². The number of fused-ring (bicyclic) bond motifs is 3. The van der Waals surface area contributed by atoms with Gasteiger partial charge in [-0.1, -0.05) is 69.3 Å². The number of alkyl carbamates (subject to hydrolysis) is 1. The third kappa shape index (κ3) is 5.50. The maximum absolute atomic E-state index is 12.8. The number of carbonyl (C=O) groups excluding carboxylic acids is 2. The number of nitrogens with one attached hydrogen (secondary N) is 2. The van der Waals surface area contributed by atoms with Crippen molar-refractivity contribution in [2.45, 2.75) is 70.4 Å². The lowest BCUT2D eigenvalue weighted by Gasteiger charge is -2.42. The molecule has 2 aromatic carbocycles. The molecule has 186 valence electrons. The van der Waals surface area contributed by atoms with E-state index in [2.05, 4.69) is 34.9 Å². The molecule has 0 heterocycles. The van der Waals surface area contributed by atoms with Crippen LogP contribution in [0.3, 0.4) is 0 Å². The van der Waals surface area contributed by atoms with Crippen molar-refractivity contribution in [3.8, 4) is 11.1 Å². The molecule has 7 nitrogen and oxygen atoms in total. The van der Waals surface area contributed by atoms with Crippen LogP contribution >= 0.6 is 0 Å².